The molecular weight excluding hydrogens is 270 g/mol. The molecule has 1 heterocycles. The van der Waals surface area contributed by atoms with Crippen molar-refractivity contribution in [2.75, 3.05) is 0 Å². The summed E-state index contributed by atoms with van der Waals surface area (Å²) >= 11 is 0. The molecule has 21 heavy (non-hydrogen) atoms. The first kappa shape index (κ1) is 18.4. The molecule has 5 heteroatoms. The fourth-order valence-electron chi connectivity index (χ4n) is 3.45. The van der Waals surface area contributed by atoms with Crippen molar-refractivity contribution in [2.24, 2.45) is 0 Å². The summed E-state index contributed by atoms with van der Waals surface area (Å²) in [7, 11) is 0. The first-order chi connectivity index (χ1) is 9.70. The van der Waals surface area contributed by atoms with Crippen LogP contribution >= 0.6 is 0 Å². The molecule has 1 saturated heterocycles. The Morgan fingerprint density at radius 3 is 2.29 bits per heavy atom. The average molecular weight is 301 g/mol. The highest BCUT2D eigenvalue weighted by Gasteiger charge is 2.51. The van der Waals surface area contributed by atoms with Crippen LogP contribution in [0.25, 0.3) is 0 Å². The molecule has 0 spiro atoms. The minimum atomic E-state index is -0.850. The van der Waals surface area contributed by atoms with Gasteiger partial charge in [-0.15, -0.1) is 0 Å². The number of carbonyl (C=O) groups is 1. The van der Waals surface area contributed by atoms with Crippen LogP contribution in [-0.4, -0.2) is 39.6 Å². The summed E-state index contributed by atoms with van der Waals surface area (Å²) in [6, 6.07) is 0. The number of nitrogens with zero attached hydrogens (tertiary/aromatic N) is 1. The fourth-order valence-corrected chi connectivity index (χ4v) is 3.45. The third-order valence-electron chi connectivity index (χ3n) is 4.48. The molecule has 2 unspecified atom stereocenters. The summed E-state index contributed by atoms with van der Waals surface area (Å²) in [5.74, 6) is -0.151. The van der Waals surface area contributed by atoms with E-state index in [2.05, 4.69) is 27.7 Å². The maximum absolute atomic E-state index is 11.6. The first-order valence-corrected chi connectivity index (χ1v) is 8.05. The second kappa shape index (κ2) is 7.07. The monoisotopic (exact) mass is 301 g/mol. The van der Waals surface area contributed by atoms with Gasteiger partial charge in [-0.3, -0.25) is 9.63 Å². The van der Waals surface area contributed by atoms with Crippen molar-refractivity contribution in [3.05, 3.63) is 0 Å². The maximum Gasteiger partial charge on any atom is 0.305 e. The van der Waals surface area contributed by atoms with Crippen LogP contribution in [0.4, 0.5) is 0 Å². The highest BCUT2D eigenvalue weighted by atomic mass is 16.8. The predicted octanol–water partition coefficient (Wildman–Crippen LogP) is 3.01. The topological polar surface area (TPSA) is 59.0 Å². The number of hydroxylamine groups is 2. The van der Waals surface area contributed by atoms with Crippen molar-refractivity contribution < 1.29 is 19.5 Å². The minimum absolute atomic E-state index is 0.0961. The van der Waals surface area contributed by atoms with Crippen molar-refractivity contribution in [1.29, 1.82) is 0 Å². The van der Waals surface area contributed by atoms with E-state index < -0.39 is 6.29 Å². The van der Waals surface area contributed by atoms with Gasteiger partial charge in [-0.2, -0.15) is 5.06 Å². The Hall–Kier alpha value is -0.650. The lowest BCUT2D eigenvalue weighted by Gasteiger charge is -2.56. The summed E-state index contributed by atoms with van der Waals surface area (Å²) in [6.07, 6.45) is 2.64. The van der Waals surface area contributed by atoms with E-state index in [-0.39, 0.29) is 23.2 Å². The molecule has 0 bridgehead atoms. The summed E-state index contributed by atoms with van der Waals surface area (Å²) < 4.78 is 5.60. The number of hydrogen-bond acceptors (Lipinski definition) is 5. The minimum Gasteiger partial charge on any atom is -0.462 e. The normalized spacial score (nSPS) is 26.3. The molecule has 0 aromatic heterocycles. The highest BCUT2D eigenvalue weighted by Crippen LogP contribution is 2.44. The molecule has 0 radical (unpaired) electrons. The van der Waals surface area contributed by atoms with Crippen molar-refractivity contribution in [3.63, 3.8) is 0 Å². The lowest BCUT2D eigenvalue weighted by atomic mass is 9.75. The van der Waals surface area contributed by atoms with Crippen LogP contribution < -0.4 is 0 Å². The van der Waals surface area contributed by atoms with Gasteiger partial charge >= 0.3 is 5.97 Å². The standard InChI is InChI=1S/C16H31NO4/c1-7-14(19)20-13-10-15(5,6)17(21-12(4)18)16(8-2,9-3)11-13/h12-13,18H,7-11H2,1-6H3. The molecule has 124 valence electrons. The Kier molecular flexibility index (Phi) is 6.20. The molecule has 0 saturated carbocycles. The molecule has 1 rings (SSSR count). The van der Waals surface area contributed by atoms with Crippen LogP contribution in [0, 0.1) is 0 Å². The number of aliphatic hydroxyl groups excluding tert-OH is 1. The van der Waals surface area contributed by atoms with E-state index in [1.807, 2.05) is 12.0 Å². The van der Waals surface area contributed by atoms with Gasteiger partial charge in [-0.05, 0) is 33.6 Å². The van der Waals surface area contributed by atoms with Crippen LogP contribution in [0.3, 0.4) is 0 Å². The number of ether oxygens (including phenoxy) is 1. The van der Waals surface area contributed by atoms with E-state index in [4.69, 9.17) is 9.57 Å². The molecule has 0 aliphatic carbocycles. The quantitative estimate of drug-likeness (QED) is 0.603. The molecule has 0 aromatic rings. The number of hydrogen-bond donors (Lipinski definition) is 1. The van der Waals surface area contributed by atoms with Gasteiger partial charge in [0.15, 0.2) is 6.29 Å². The Labute approximate surface area is 128 Å². The summed E-state index contributed by atoms with van der Waals surface area (Å²) in [4.78, 5) is 17.4. The molecule has 1 aliphatic rings. The smallest absolute Gasteiger partial charge is 0.305 e. The van der Waals surface area contributed by atoms with E-state index in [1.165, 1.54) is 0 Å². The summed E-state index contributed by atoms with van der Waals surface area (Å²) in [5.41, 5.74) is -0.530. The largest absolute Gasteiger partial charge is 0.462 e. The molecule has 0 aromatic carbocycles. The molecule has 2 atom stereocenters. The predicted molar refractivity (Wildman–Crippen MR) is 81.4 cm³/mol. The number of piperidine rings is 1. The fraction of sp³-hybridized carbons (Fsp3) is 0.938. The van der Waals surface area contributed by atoms with Gasteiger partial charge in [0, 0.05) is 30.3 Å². The van der Waals surface area contributed by atoms with Crippen LogP contribution in [-0.2, 0) is 14.4 Å². The second-order valence-corrected chi connectivity index (χ2v) is 6.62. The number of esters is 1. The van der Waals surface area contributed by atoms with Crippen molar-refractivity contribution >= 4 is 5.97 Å². The van der Waals surface area contributed by atoms with Crippen LogP contribution in [0.1, 0.15) is 73.6 Å². The zero-order chi connectivity index (χ0) is 16.3. The first-order valence-electron chi connectivity index (χ1n) is 8.05. The number of rotatable bonds is 6. The zero-order valence-electron chi connectivity index (χ0n) is 14.3. The summed E-state index contributed by atoms with van der Waals surface area (Å²) in [5, 5.41) is 11.6. The Balaban J connectivity index is 3.03. The zero-order valence-corrected chi connectivity index (χ0v) is 14.3. The van der Waals surface area contributed by atoms with Gasteiger partial charge in [-0.1, -0.05) is 20.8 Å². The highest BCUT2D eigenvalue weighted by molar-refractivity contribution is 5.69. The van der Waals surface area contributed by atoms with Gasteiger partial charge < -0.3 is 9.84 Å². The molecule has 1 fully saturated rings. The Morgan fingerprint density at radius 1 is 1.29 bits per heavy atom. The van der Waals surface area contributed by atoms with Gasteiger partial charge in [-0.25, -0.2) is 0 Å². The Bertz CT molecular complexity index is 350. The van der Waals surface area contributed by atoms with Crippen LogP contribution in [0.15, 0.2) is 0 Å². The van der Waals surface area contributed by atoms with Crippen LogP contribution in [0.5, 0.6) is 0 Å². The molecule has 1 aliphatic heterocycles. The van der Waals surface area contributed by atoms with E-state index in [0.29, 0.717) is 12.8 Å². The lowest BCUT2D eigenvalue weighted by Crippen LogP contribution is -2.64. The molecular formula is C16H31NO4. The molecule has 0 amide bonds. The van der Waals surface area contributed by atoms with Crippen molar-refractivity contribution in [2.45, 2.75) is 97.1 Å². The second-order valence-electron chi connectivity index (χ2n) is 6.62. The third kappa shape index (κ3) is 4.18. The van der Waals surface area contributed by atoms with E-state index in [1.54, 1.807) is 6.92 Å². The van der Waals surface area contributed by atoms with Gasteiger partial charge in [0.2, 0.25) is 0 Å². The Morgan fingerprint density at radius 2 is 1.86 bits per heavy atom. The van der Waals surface area contributed by atoms with E-state index in [0.717, 1.165) is 19.3 Å². The maximum atomic E-state index is 11.6. The van der Waals surface area contributed by atoms with Gasteiger partial charge in [0.25, 0.3) is 0 Å². The summed E-state index contributed by atoms with van der Waals surface area (Å²) in [6.45, 7) is 11.8. The average Bonchev–Trinajstić information content (AvgIpc) is 2.40. The van der Waals surface area contributed by atoms with Gasteiger partial charge in [0.1, 0.15) is 6.10 Å². The number of carbonyl (C=O) groups excluding carboxylic acids is 1. The van der Waals surface area contributed by atoms with E-state index in [9.17, 15) is 9.90 Å². The molecule has 5 nitrogen and oxygen atoms in total. The van der Waals surface area contributed by atoms with Crippen LogP contribution in [0.2, 0.25) is 0 Å². The van der Waals surface area contributed by atoms with Crippen molar-refractivity contribution in [3.8, 4) is 0 Å². The number of aliphatic hydroxyl groups is 1. The van der Waals surface area contributed by atoms with E-state index >= 15 is 0 Å². The SMILES string of the molecule is CCC(=O)OC1CC(C)(C)N(OC(C)O)C(CC)(CC)C1. The van der Waals surface area contributed by atoms with Crippen molar-refractivity contribution in [1.82, 2.24) is 5.06 Å². The third-order valence-corrected chi connectivity index (χ3v) is 4.48. The molecule has 1 N–H and O–H groups in total. The van der Waals surface area contributed by atoms with Gasteiger partial charge in [0.05, 0.1) is 0 Å². The lowest BCUT2D eigenvalue weighted by molar-refractivity contribution is -0.354.